The van der Waals surface area contributed by atoms with Crippen LogP contribution in [0.1, 0.15) is 72.6 Å². The number of rotatable bonds is 7. The minimum atomic E-state index is 0.555. The maximum atomic E-state index is 3.79. The Bertz CT molecular complexity index is 292. The van der Waals surface area contributed by atoms with E-state index in [1.54, 1.807) is 0 Å². The molecule has 2 aliphatic rings. The van der Waals surface area contributed by atoms with Crippen LogP contribution in [0.5, 0.6) is 0 Å². The van der Waals surface area contributed by atoms with Gasteiger partial charge in [0.05, 0.1) is 0 Å². The summed E-state index contributed by atoms with van der Waals surface area (Å²) in [4.78, 5) is 2.83. The minimum Gasteiger partial charge on any atom is -0.316 e. The molecule has 0 spiro atoms. The fourth-order valence-corrected chi connectivity index (χ4v) is 4.39. The zero-order valence-electron chi connectivity index (χ0n) is 15.0. The van der Waals surface area contributed by atoms with Crippen molar-refractivity contribution < 1.29 is 0 Å². The summed E-state index contributed by atoms with van der Waals surface area (Å²) in [7, 11) is 0. The summed E-state index contributed by atoms with van der Waals surface area (Å²) in [6.45, 7) is 14.6. The Kier molecular flexibility index (Phi) is 6.55. The fourth-order valence-electron chi connectivity index (χ4n) is 4.39. The van der Waals surface area contributed by atoms with E-state index in [0.717, 1.165) is 17.9 Å². The second kappa shape index (κ2) is 7.97. The maximum Gasteiger partial charge on any atom is 0.00933 e. The van der Waals surface area contributed by atoms with Gasteiger partial charge in [-0.1, -0.05) is 40.5 Å². The molecule has 0 amide bonds. The highest BCUT2D eigenvalue weighted by Gasteiger charge is 2.37. The van der Waals surface area contributed by atoms with E-state index >= 15 is 0 Å². The molecule has 1 heterocycles. The maximum absolute atomic E-state index is 3.79. The van der Waals surface area contributed by atoms with Gasteiger partial charge in [0.25, 0.3) is 0 Å². The predicted octanol–water partition coefficient (Wildman–Crippen LogP) is 4.30. The van der Waals surface area contributed by atoms with E-state index in [9.17, 15) is 0 Å². The summed E-state index contributed by atoms with van der Waals surface area (Å²) < 4.78 is 0. The van der Waals surface area contributed by atoms with E-state index in [1.807, 2.05) is 0 Å². The molecule has 2 fully saturated rings. The lowest BCUT2D eigenvalue weighted by molar-refractivity contribution is 0.0784. The second-order valence-corrected chi connectivity index (χ2v) is 8.38. The molecule has 1 atom stereocenters. The van der Waals surface area contributed by atoms with E-state index in [0.29, 0.717) is 5.41 Å². The molecule has 1 saturated heterocycles. The first-order valence-corrected chi connectivity index (χ1v) is 9.49. The number of hydrogen-bond acceptors (Lipinski definition) is 2. The molecule has 1 aliphatic carbocycles. The van der Waals surface area contributed by atoms with Crippen molar-refractivity contribution in [3.8, 4) is 0 Å². The summed E-state index contributed by atoms with van der Waals surface area (Å²) >= 11 is 0. The molecule has 0 bridgehead atoms. The van der Waals surface area contributed by atoms with Crippen molar-refractivity contribution in [2.75, 3.05) is 26.2 Å². The molecule has 1 aliphatic heterocycles. The molecule has 2 nitrogen and oxygen atoms in total. The van der Waals surface area contributed by atoms with Crippen LogP contribution >= 0.6 is 0 Å². The Morgan fingerprint density at radius 2 is 1.90 bits per heavy atom. The van der Waals surface area contributed by atoms with Gasteiger partial charge in [0.1, 0.15) is 0 Å². The largest absolute Gasteiger partial charge is 0.316 e. The molecule has 1 unspecified atom stereocenters. The summed E-state index contributed by atoms with van der Waals surface area (Å²) in [5.74, 6) is 1.71. The molecule has 124 valence electrons. The fraction of sp³-hybridized carbons (Fsp3) is 1.00. The van der Waals surface area contributed by atoms with Gasteiger partial charge in [-0.15, -0.1) is 0 Å². The van der Waals surface area contributed by atoms with E-state index in [1.165, 1.54) is 71.1 Å². The van der Waals surface area contributed by atoms with Crippen molar-refractivity contribution in [3.05, 3.63) is 0 Å². The molecule has 0 aromatic carbocycles. The normalized spacial score (nSPS) is 34.7. The Hall–Kier alpha value is -0.0800. The van der Waals surface area contributed by atoms with Crippen molar-refractivity contribution in [1.29, 1.82) is 0 Å². The van der Waals surface area contributed by atoms with Gasteiger partial charge in [0, 0.05) is 19.1 Å². The molecule has 21 heavy (non-hydrogen) atoms. The molecule has 1 N–H and O–H groups in total. The molecular formula is C19H38N2. The minimum absolute atomic E-state index is 0.555. The van der Waals surface area contributed by atoms with E-state index < -0.39 is 0 Å². The van der Waals surface area contributed by atoms with Crippen LogP contribution in [-0.2, 0) is 0 Å². The van der Waals surface area contributed by atoms with Crippen LogP contribution in [0.3, 0.4) is 0 Å². The molecule has 0 aromatic heterocycles. The third-order valence-corrected chi connectivity index (χ3v) is 5.90. The zero-order valence-corrected chi connectivity index (χ0v) is 15.0. The summed E-state index contributed by atoms with van der Waals surface area (Å²) in [6, 6.07) is 0.867. The van der Waals surface area contributed by atoms with Crippen molar-refractivity contribution in [2.24, 2.45) is 17.3 Å². The highest BCUT2D eigenvalue weighted by Crippen LogP contribution is 2.40. The average molecular weight is 295 g/mol. The zero-order chi connectivity index (χ0) is 15.3. The lowest BCUT2D eigenvalue weighted by Crippen LogP contribution is -2.47. The number of likely N-dealkylation sites (tertiary alicyclic amines) is 1. The molecule has 1 saturated carbocycles. The smallest absolute Gasteiger partial charge is 0.00933 e. The summed E-state index contributed by atoms with van der Waals surface area (Å²) in [5.41, 5.74) is 0.555. The lowest BCUT2D eigenvalue weighted by Gasteiger charge is -2.43. The molecule has 0 radical (unpaired) electrons. The summed E-state index contributed by atoms with van der Waals surface area (Å²) in [5, 5.41) is 3.79. The molecular weight excluding hydrogens is 256 g/mol. The van der Waals surface area contributed by atoms with E-state index in [4.69, 9.17) is 0 Å². The third-order valence-electron chi connectivity index (χ3n) is 5.90. The second-order valence-electron chi connectivity index (χ2n) is 8.38. The SMILES string of the molecule is CCC1CCCN1CC1(CNCC(C)C)CCC(C)CC1. The topological polar surface area (TPSA) is 15.3 Å². The standard InChI is InChI=1S/C19H38N2/c1-5-18-7-6-12-21(18)15-19(14-20-13-16(2)3)10-8-17(4)9-11-19/h16-18,20H,5-15H2,1-4H3. The number of nitrogens with one attached hydrogen (secondary N) is 1. The first kappa shape index (κ1) is 17.3. The van der Waals surface area contributed by atoms with Gasteiger partial charge < -0.3 is 5.32 Å². The van der Waals surface area contributed by atoms with Gasteiger partial charge in [-0.05, 0) is 62.4 Å². The highest BCUT2D eigenvalue weighted by molar-refractivity contribution is 4.92. The molecule has 0 aromatic rings. The highest BCUT2D eigenvalue weighted by atomic mass is 15.2. The average Bonchev–Trinajstić information content (AvgIpc) is 2.89. The Morgan fingerprint density at radius 3 is 2.52 bits per heavy atom. The Balaban J connectivity index is 1.94. The van der Waals surface area contributed by atoms with Crippen LogP contribution in [-0.4, -0.2) is 37.1 Å². The van der Waals surface area contributed by atoms with Crippen LogP contribution in [0.15, 0.2) is 0 Å². The molecule has 2 rings (SSSR count). The van der Waals surface area contributed by atoms with Crippen LogP contribution < -0.4 is 5.32 Å². The molecule has 2 heteroatoms. The van der Waals surface area contributed by atoms with E-state index in [-0.39, 0.29) is 0 Å². The van der Waals surface area contributed by atoms with Crippen LogP contribution in [0.25, 0.3) is 0 Å². The van der Waals surface area contributed by atoms with Gasteiger partial charge in [0.2, 0.25) is 0 Å². The van der Waals surface area contributed by atoms with Crippen molar-refractivity contribution >= 4 is 0 Å². The van der Waals surface area contributed by atoms with Crippen LogP contribution in [0.4, 0.5) is 0 Å². The van der Waals surface area contributed by atoms with Gasteiger partial charge in [-0.2, -0.15) is 0 Å². The Morgan fingerprint density at radius 1 is 1.19 bits per heavy atom. The quantitative estimate of drug-likeness (QED) is 0.753. The van der Waals surface area contributed by atoms with Crippen molar-refractivity contribution in [1.82, 2.24) is 10.2 Å². The number of nitrogens with zero attached hydrogens (tertiary/aromatic N) is 1. The van der Waals surface area contributed by atoms with Crippen molar-refractivity contribution in [2.45, 2.75) is 78.7 Å². The summed E-state index contributed by atoms with van der Waals surface area (Å²) in [6.07, 6.45) is 9.94. The van der Waals surface area contributed by atoms with Gasteiger partial charge in [-0.25, -0.2) is 0 Å². The van der Waals surface area contributed by atoms with Crippen LogP contribution in [0.2, 0.25) is 0 Å². The van der Waals surface area contributed by atoms with Gasteiger partial charge in [-0.3, -0.25) is 4.90 Å². The Labute approximate surface area is 133 Å². The van der Waals surface area contributed by atoms with Crippen LogP contribution in [0, 0.1) is 17.3 Å². The van der Waals surface area contributed by atoms with Gasteiger partial charge in [0.15, 0.2) is 0 Å². The number of hydrogen-bond donors (Lipinski definition) is 1. The monoisotopic (exact) mass is 294 g/mol. The third kappa shape index (κ3) is 4.96. The van der Waals surface area contributed by atoms with Gasteiger partial charge >= 0.3 is 0 Å². The first-order valence-electron chi connectivity index (χ1n) is 9.49. The van der Waals surface area contributed by atoms with Crippen molar-refractivity contribution in [3.63, 3.8) is 0 Å². The lowest BCUT2D eigenvalue weighted by atomic mass is 9.70. The first-order chi connectivity index (χ1) is 10.0. The predicted molar refractivity (Wildman–Crippen MR) is 92.7 cm³/mol. The van der Waals surface area contributed by atoms with E-state index in [2.05, 4.69) is 37.9 Å².